The van der Waals surface area contributed by atoms with Crippen molar-refractivity contribution in [2.24, 2.45) is 11.8 Å². The number of aromatic nitrogens is 3. The molecule has 1 aliphatic heterocycles. The molecular weight excluding hydrogens is 435 g/mol. The van der Waals surface area contributed by atoms with Crippen molar-refractivity contribution in [1.82, 2.24) is 24.8 Å². The molecule has 8 nitrogen and oxygen atoms in total. The van der Waals surface area contributed by atoms with Crippen LogP contribution in [0.5, 0.6) is 0 Å². The molecule has 32 heavy (non-hydrogen) atoms. The molecule has 1 aliphatic carbocycles. The maximum atomic E-state index is 14.2. The van der Waals surface area contributed by atoms with E-state index in [0.29, 0.717) is 40.8 Å². The third kappa shape index (κ3) is 3.37. The third-order valence-corrected chi connectivity index (χ3v) is 6.92. The highest BCUT2D eigenvalue weighted by atomic mass is 35.5. The summed E-state index contributed by atoms with van der Waals surface area (Å²) in [5.41, 5.74) is 7.49. The second kappa shape index (κ2) is 7.74. The van der Waals surface area contributed by atoms with Gasteiger partial charge >= 0.3 is 0 Å². The van der Waals surface area contributed by atoms with Gasteiger partial charge in [0.25, 0.3) is 0 Å². The Morgan fingerprint density at radius 2 is 2.12 bits per heavy atom. The number of amides is 2. The van der Waals surface area contributed by atoms with E-state index in [1.807, 2.05) is 0 Å². The minimum absolute atomic E-state index is 0.00774. The molecule has 166 valence electrons. The van der Waals surface area contributed by atoms with E-state index in [9.17, 15) is 14.0 Å². The highest BCUT2D eigenvalue weighted by Crippen LogP contribution is 2.53. The van der Waals surface area contributed by atoms with Crippen LogP contribution in [0.3, 0.4) is 0 Å². The summed E-state index contributed by atoms with van der Waals surface area (Å²) in [6.45, 7) is 2.10. The molecule has 3 aromatic rings. The monoisotopic (exact) mass is 456 g/mol. The van der Waals surface area contributed by atoms with Crippen LogP contribution < -0.4 is 11.1 Å². The van der Waals surface area contributed by atoms with Gasteiger partial charge in [-0.2, -0.15) is 5.10 Å². The van der Waals surface area contributed by atoms with Gasteiger partial charge < -0.3 is 16.0 Å². The number of hydrogen-bond acceptors (Lipinski definition) is 5. The quantitative estimate of drug-likeness (QED) is 0.612. The first-order valence-electron chi connectivity index (χ1n) is 10.5. The summed E-state index contributed by atoms with van der Waals surface area (Å²) in [7, 11) is 0. The third-order valence-electron chi connectivity index (χ3n) is 6.63. The molecule has 2 aliphatic rings. The molecule has 2 amide bonds. The minimum Gasteiger partial charge on any atom is -0.382 e. The minimum atomic E-state index is -0.582. The zero-order valence-electron chi connectivity index (χ0n) is 17.3. The second-order valence-electron chi connectivity index (χ2n) is 8.44. The van der Waals surface area contributed by atoms with Gasteiger partial charge in [0.2, 0.25) is 11.8 Å². The molecule has 4 atom stereocenters. The van der Waals surface area contributed by atoms with Gasteiger partial charge in [0.1, 0.15) is 23.7 Å². The first-order chi connectivity index (χ1) is 15.4. The fourth-order valence-corrected chi connectivity index (χ4v) is 5.06. The van der Waals surface area contributed by atoms with E-state index < -0.39 is 11.9 Å². The number of nitrogen functional groups attached to an aromatic ring is 1. The average Bonchev–Trinajstić information content (AvgIpc) is 3.11. The molecule has 5 rings (SSSR count). The Balaban J connectivity index is 1.32. The molecule has 1 aromatic carbocycles. The normalized spacial score (nSPS) is 23.9. The van der Waals surface area contributed by atoms with E-state index >= 15 is 0 Å². The van der Waals surface area contributed by atoms with Crippen molar-refractivity contribution >= 4 is 34.7 Å². The summed E-state index contributed by atoms with van der Waals surface area (Å²) >= 11 is 5.82. The summed E-state index contributed by atoms with van der Waals surface area (Å²) in [6.07, 6.45) is 2.04. The van der Waals surface area contributed by atoms with Crippen LogP contribution in [-0.4, -0.2) is 43.4 Å². The molecule has 1 saturated heterocycles. The van der Waals surface area contributed by atoms with E-state index in [1.165, 1.54) is 12.4 Å². The molecule has 10 heteroatoms. The first kappa shape index (κ1) is 20.7. The van der Waals surface area contributed by atoms with Crippen molar-refractivity contribution in [2.75, 3.05) is 5.73 Å². The van der Waals surface area contributed by atoms with Gasteiger partial charge in [-0.3, -0.25) is 9.59 Å². The molecule has 0 radical (unpaired) electrons. The highest BCUT2D eigenvalue weighted by molar-refractivity contribution is 6.30. The Kier molecular flexibility index (Phi) is 5.00. The van der Waals surface area contributed by atoms with Crippen molar-refractivity contribution < 1.29 is 14.0 Å². The summed E-state index contributed by atoms with van der Waals surface area (Å²) in [4.78, 5) is 31.9. The van der Waals surface area contributed by atoms with Crippen molar-refractivity contribution in [3.63, 3.8) is 0 Å². The van der Waals surface area contributed by atoms with Gasteiger partial charge in [0.05, 0.1) is 17.1 Å². The number of rotatable bonds is 5. The number of anilines is 1. The van der Waals surface area contributed by atoms with Crippen LogP contribution >= 0.6 is 11.6 Å². The number of carbonyl (C=O) groups excluding carboxylic acids is 2. The molecule has 3 heterocycles. The Morgan fingerprint density at radius 1 is 1.31 bits per heavy atom. The molecular formula is C22H22ClFN6O2. The second-order valence-corrected chi connectivity index (χ2v) is 8.85. The predicted molar refractivity (Wildman–Crippen MR) is 116 cm³/mol. The van der Waals surface area contributed by atoms with Gasteiger partial charge in [0, 0.05) is 18.2 Å². The lowest BCUT2D eigenvalue weighted by Gasteiger charge is -2.28. The van der Waals surface area contributed by atoms with Gasteiger partial charge in [-0.15, -0.1) is 0 Å². The van der Waals surface area contributed by atoms with Crippen LogP contribution in [0.4, 0.5) is 10.2 Å². The fourth-order valence-electron chi connectivity index (χ4n) is 4.86. The number of hydrogen-bond donors (Lipinski definition) is 2. The van der Waals surface area contributed by atoms with E-state index in [-0.39, 0.29) is 35.8 Å². The van der Waals surface area contributed by atoms with Crippen LogP contribution in [0, 0.1) is 17.7 Å². The van der Waals surface area contributed by atoms with Gasteiger partial charge in [-0.05, 0) is 36.5 Å². The van der Waals surface area contributed by atoms with E-state index in [4.69, 9.17) is 17.3 Å². The first-order valence-corrected chi connectivity index (χ1v) is 10.8. The van der Waals surface area contributed by atoms with Crippen molar-refractivity contribution in [3.05, 3.63) is 58.8 Å². The number of likely N-dealkylation sites (tertiary alicyclic amines) is 1. The Labute approximate surface area is 188 Å². The number of nitrogens with one attached hydrogen (secondary N) is 1. The standard InChI is InChI=1S/C22H22ClFN6O2/c1-11-14-8-17(22(32)26-9-12-3-2-4-15(23)19(12)24)29(20(11)14)18(31)7-13-5-6-16-21(25)27-10-28-30(13)16/h2-6,10-11,14,17,20H,7-9H2,1H3,(H,26,32)(H2,25,27,28). The molecule has 2 fully saturated rings. The Bertz CT molecular complexity index is 1230. The number of piperidine rings is 1. The number of halogens is 2. The molecule has 3 N–H and O–H groups in total. The maximum Gasteiger partial charge on any atom is 0.243 e. The summed E-state index contributed by atoms with van der Waals surface area (Å²) in [6, 6.07) is 7.69. The largest absolute Gasteiger partial charge is 0.382 e. The summed E-state index contributed by atoms with van der Waals surface area (Å²) in [5, 5.41) is 6.97. The van der Waals surface area contributed by atoms with E-state index in [1.54, 1.807) is 33.7 Å². The lowest BCUT2D eigenvalue weighted by Crippen LogP contribution is -2.49. The molecule has 2 aromatic heterocycles. The van der Waals surface area contributed by atoms with E-state index in [2.05, 4.69) is 22.3 Å². The van der Waals surface area contributed by atoms with Gasteiger partial charge in [0.15, 0.2) is 5.82 Å². The highest BCUT2D eigenvalue weighted by Gasteiger charge is 2.61. The number of nitrogens with zero attached hydrogens (tertiary/aromatic N) is 4. The smallest absolute Gasteiger partial charge is 0.243 e. The fraction of sp³-hybridized carbons (Fsp3) is 0.364. The summed E-state index contributed by atoms with van der Waals surface area (Å²) in [5.74, 6) is 0.0137. The SMILES string of the molecule is CC1C2CC(C(=O)NCc3cccc(Cl)c3F)N(C(=O)Cc3ccc4c(N)ncnn34)C12. The zero-order chi connectivity index (χ0) is 22.6. The Hall–Kier alpha value is -3.20. The number of fused-ring (bicyclic) bond motifs is 2. The van der Waals surface area contributed by atoms with Crippen molar-refractivity contribution in [1.29, 1.82) is 0 Å². The van der Waals surface area contributed by atoms with E-state index in [0.717, 1.165) is 0 Å². The number of carbonyl (C=O) groups is 2. The van der Waals surface area contributed by atoms with Crippen LogP contribution in [0.15, 0.2) is 36.7 Å². The topological polar surface area (TPSA) is 106 Å². The molecule has 4 unspecified atom stereocenters. The average molecular weight is 457 g/mol. The van der Waals surface area contributed by atoms with Crippen LogP contribution in [0.25, 0.3) is 5.52 Å². The Morgan fingerprint density at radius 3 is 2.94 bits per heavy atom. The lowest BCUT2D eigenvalue weighted by atomic mass is 10.1. The number of benzene rings is 1. The molecule has 0 bridgehead atoms. The number of nitrogens with two attached hydrogens (primary N) is 1. The van der Waals surface area contributed by atoms with Crippen LogP contribution in [-0.2, 0) is 22.6 Å². The predicted octanol–water partition coefficient (Wildman–Crippen LogP) is 2.20. The summed E-state index contributed by atoms with van der Waals surface area (Å²) < 4.78 is 15.8. The lowest BCUT2D eigenvalue weighted by molar-refractivity contribution is -0.139. The molecule has 1 saturated carbocycles. The van der Waals surface area contributed by atoms with Crippen LogP contribution in [0.2, 0.25) is 5.02 Å². The van der Waals surface area contributed by atoms with Crippen LogP contribution in [0.1, 0.15) is 24.6 Å². The molecule has 0 spiro atoms. The van der Waals surface area contributed by atoms with Gasteiger partial charge in [-0.1, -0.05) is 30.7 Å². The maximum absolute atomic E-state index is 14.2. The van der Waals surface area contributed by atoms with Crippen molar-refractivity contribution in [2.45, 2.75) is 38.4 Å². The van der Waals surface area contributed by atoms with Gasteiger partial charge in [-0.25, -0.2) is 13.9 Å². The van der Waals surface area contributed by atoms with Crippen molar-refractivity contribution in [3.8, 4) is 0 Å². The zero-order valence-corrected chi connectivity index (χ0v) is 18.1.